The van der Waals surface area contributed by atoms with E-state index >= 15 is 0 Å². The predicted octanol–water partition coefficient (Wildman–Crippen LogP) is 1.38. The lowest BCUT2D eigenvalue weighted by Crippen LogP contribution is -2.30. The zero-order chi connectivity index (χ0) is 13.4. The van der Waals surface area contributed by atoms with Crippen molar-refractivity contribution in [3.8, 4) is 5.75 Å². The van der Waals surface area contributed by atoms with Crippen molar-refractivity contribution in [2.75, 3.05) is 19.8 Å². The summed E-state index contributed by atoms with van der Waals surface area (Å²) >= 11 is 0. The van der Waals surface area contributed by atoms with Gasteiger partial charge in [-0.05, 0) is 32.0 Å². The molecular weight excluding hydrogens is 234 g/mol. The molecule has 0 radical (unpaired) electrons. The van der Waals surface area contributed by atoms with Gasteiger partial charge in [-0.3, -0.25) is 9.59 Å². The molecule has 1 aromatic rings. The van der Waals surface area contributed by atoms with Gasteiger partial charge < -0.3 is 14.8 Å². The van der Waals surface area contributed by atoms with Crippen LogP contribution in [0, 0.1) is 0 Å². The van der Waals surface area contributed by atoms with Crippen LogP contribution in [0.15, 0.2) is 24.3 Å². The lowest BCUT2D eigenvalue weighted by Gasteiger charge is -2.07. The number of nitrogens with one attached hydrogen (secondary N) is 1. The maximum atomic E-state index is 11.7. The van der Waals surface area contributed by atoms with Crippen molar-refractivity contribution in [1.82, 2.24) is 5.32 Å². The maximum Gasteiger partial charge on any atom is 0.325 e. The second-order valence-corrected chi connectivity index (χ2v) is 3.45. The van der Waals surface area contributed by atoms with Gasteiger partial charge in [0.05, 0.1) is 13.2 Å². The summed E-state index contributed by atoms with van der Waals surface area (Å²) in [6, 6.07) is 6.78. The molecule has 0 aliphatic rings. The van der Waals surface area contributed by atoms with Crippen LogP contribution in [-0.2, 0) is 9.53 Å². The maximum absolute atomic E-state index is 11.7. The second-order valence-electron chi connectivity index (χ2n) is 3.45. The topological polar surface area (TPSA) is 64.6 Å². The number of rotatable bonds is 6. The van der Waals surface area contributed by atoms with Crippen LogP contribution in [0.25, 0.3) is 0 Å². The molecular formula is C13H17NO4. The minimum atomic E-state index is -0.452. The Morgan fingerprint density at radius 3 is 2.67 bits per heavy atom. The van der Waals surface area contributed by atoms with Crippen LogP contribution in [0.1, 0.15) is 24.2 Å². The molecule has 18 heavy (non-hydrogen) atoms. The molecule has 0 atom stereocenters. The molecule has 0 aliphatic heterocycles. The van der Waals surface area contributed by atoms with Gasteiger partial charge in [-0.25, -0.2) is 0 Å². The molecule has 5 nitrogen and oxygen atoms in total. The molecule has 1 aromatic carbocycles. The SMILES string of the molecule is CCOC(=O)CNC(=O)c1cccc(OCC)c1. The largest absolute Gasteiger partial charge is 0.494 e. The van der Waals surface area contributed by atoms with Crippen molar-refractivity contribution in [1.29, 1.82) is 0 Å². The highest BCUT2D eigenvalue weighted by Gasteiger charge is 2.09. The van der Waals surface area contributed by atoms with Crippen molar-refractivity contribution in [2.24, 2.45) is 0 Å². The summed E-state index contributed by atoms with van der Waals surface area (Å²) in [5, 5.41) is 2.48. The first kappa shape index (κ1) is 14.0. The van der Waals surface area contributed by atoms with Crippen LogP contribution in [0.4, 0.5) is 0 Å². The van der Waals surface area contributed by atoms with Gasteiger partial charge in [0.2, 0.25) is 0 Å². The summed E-state index contributed by atoms with van der Waals surface area (Å²) in [7, 11) is 0. The number of benzene rings is 1. The van der Waals surface area contributed by atoms with Crippen LogP contribution in [-0.4, -0.2) is 31.6 Å². The molecule has 0 bridgehead atoms. The molecule has 0 saturated heterocycles. The first-order valence-electron chi connectivity index (χ1n) is 5.84. The third-order valence-corrected chi connectivity index (χ3v) is 2.11. The molecule has 0 fully saturated rings. The van der Waals surface area contributed by atoms with E-state index in [1.54, 1.807) is 31.2 Å². The predicted molar refractivity (Wildman–Crippen MR) is 66.6 cm³/mol. The summed E-state index contributed by atoms with van der Waals surface area (Å²) in [6.07, 6.45) is 0. The Balaban J connectivity index is 2.55. The van der Waals surface area contributed by atoms with E-state index in [-0.39, 0.29) is 12.5 Å². The third-order valence-electron chi connectivity index (χ3n) is 2.11. The summed E-state index contributed by atoms with van der Waals surface area (Å²) in [5.74, 6) is -0.155. The van der Waals surface area contributed by atoms with Crippen LogP contribution in [0.5, 0.6) is 5.75 Å². The van der Waals surface area contributed by atoms with Crippen molar-refractivity contribution < 1.29 is 19.1 Å². The number of amides is 1. The average Bonchev–Trinajstić information content (AvgIpc) is 2.37. The minimum absolute atomic E-state index is 0.133. The zero-order valence-electron chi connectivity index (χ0n) is 10.6. The zero-order valence-corrected chi connectivity index (χ0v) is 10.6. The highest BCUT2D eigenvalue weighted by atomic mass is 16.5. The fourth-order valence-corrected chi connectivity index (χ4v) is 1.36. The first-order valence-corrected chi connectivity index (χ1v) is 5.84. The van der Waals surface area contributed by atoms with E-state index in [1.165, 1.54) is 0 Å². The monoisotopic (exact) mass is 251 g/mol. The molecule has 0 aromatic heterocycles. The van der Waals surface area contributed by atoms with Crippen LogP contribution in [0.2, 0.25) is 0 Å². The minimum Gasteiger partial charge on any atom is -0.494 e. The van der Waals surface area contributed by atoms with Crippen LogP contribution < -0.4 is 10.1 Å². The van der Waals surface area contributed by atoms with E-state index < -0.39 is 5.97 Å². The Morgan fingerprint density at radius 1 is 1.22 bits per heavy atom. The Morgan fingerprint density at radius 2 is 2.00 bits per heavy atom. The standard InChI is InChI=1S/C13H17NO4/c1-3-17-11-7-5-6-10(8-11)13(16)14-9-12(15)18-4-2/h5-8H,3-4,9H2,1-2H3,(H,14,16). The Hall–Kier alpha value is -2.04. The molecule has 0 aliphatic carbocycles. The van der Waals surface area contributed by atoms with Crippen molar-refractivity contribution >= 4 is 11.9 Å². The van der Waals surface area contributed by atoms with Gasteiger partial charge in [0, 0.05) is 5.56 Å². The van der Waals surface area contributed by atoms with Gasteiger partial charge in [-0.15, -0.1) is 0 Å². The molecule has 0 saturated carbocycles. The molecule has 98 valence electrons. The first-order chi connectivity index (χ1) is 8.67. The normalized spacial score (nSPS) is 9.67. The van der Waals surface area contributed by atoms with Crippen molar-refractivity contribution in [2.45, 2.75) is 13.8 Å². The van der Waals surface area contributed by atoms with E-state index in [0.717, 1.165) is 0 Å². The number of carbonyl (C=O) groups is 2. The lowest BCUT2D eigenvalue weighted by atomic mass is 10.2. The number of carbonyl (C=O) groups excluding carboxylic acids is 2. The molecule has 0 unspecified atom stereocenters. The highest BCUT2D eigenvalue weighted by Crippen LogP contribution is 2.12. The molecule has 0 spiro atoms. The third kappa shape index (κ3) is 4.45. The van der Waals surface area contributed by atoms with Gasteiger partial charge in [0.25, 0.3) is 5.91 Å². The number of hydrogen-bond donors (Lipinski definition) is 1. The summed E-state index contributed by atoms with van der Waals surface area (Å²) in [4.78, 5) is 22.8. The van der Waals surface area contributed by atoms with Gasteiger partial charge >= 0.3 is 5.97 Å². The quantitative estimate of drug-likeness (QED) is 0.776. The van der Waals surface area contributed by atoms with Gasteiger partial charge in [-0.1, -0.05) is 6.07 Å². The van der Waals surface area contributed by atoms with Crippen LogP contribution in [0.3, 0.4) is 0 Å². The number of esters is 1. The van der Waals surface area contributed by atoms with E-state index in [2.05, 4.69) is 5.32 Å². The van der Waals surface area contributed by atoms with Gasteiger partial charge in [0.1, 0.15) is 12.3 Å². The summed E-state index contributed by atoms with van der Waals surface area (Å²) < 4.78 is 10.0. The Kier molecular flexibility index (Phi) is 5.70. The van der Waals surface area contributed by atoms with E-state index in [4.69, 9.17) is 9.47 Å². The summed E-state index contributed by atoms with van der Waals surface area (Å²) in [5.41, 5.74) is 0.449. The van der Waals surface area contributed by atoms with Crippen LogP contribution >= 0.6 is 0 Å². The van der Waals surface area contributed by atoms with Gasteiger partial charge in [0.15, 0.2) is 0 Å². The smallest absolute Gasteiger partial charge is 0.325 e. The highest BCUT2D eigenvalue weighted by molar-refractivity contribution is 5.96. The van der Waals surface area contributed by atoms with Gasteiger partial charge in [-0.2, -0.15) is 0 Å². The number of hydrogen-bond acceptors (Lipinski definition) is 4. The second kappa shape index (κ2) is 7.32. The van der Waals surface area contributed by atoms with E-state index in [9.17, 15) is 9.59 Å². The molecule has 1 N–H and O–H groups in total. The summed E-state index contributed by atoms with van der Waals surface area (Å²) in [6.45, 7) is 4.28. The molecule has 1 rings (SSSR count). The number of ether oxygens (including phenoxy) is 2. The van der Waals surface area contributed by atoms with E-state index in [0.29, 0.717) is 24.5 Å². The fraction of sp³-hybridized carbons (Fsp3) is 0.385. The van der Waals surface area contributed by atoms with Crippen molar-refractivity contribution in [3.63, 3.8) is 0 Å². The molecule has 5 heteroatoms. The molecule has 0 heterocycles. The fourth-order valence-electron chi connectivity index (χ4n) is 1.36. The average molecular weight is 251 g/mol. The van der Waals surface area contributed by atoms with Crippen molar-refractivity contribution in [3.05, 3.63) is 29.8 Å². The van der Waals surface area contributed by atoms with E-state index in [1.807, 2.05) is 6.92 Å². The Labute approximate surface area is 106 Å². The lowest BCUT2D eigenvalue weighted by molar-refractivity contribution is -0.141. The Bertz CT molecular complexity index is 417. The molecule has 1 amide bonds.